The summed E-state index contributed by atoms with van der Waals surface area (Å²) in [5.41, 5.74) is 3.41. The minimum atomic E-state index is -0.500. The maximum absolute atomic E-state index is 12.3. The summed E-state index contributed by atoms with van der Waals surface area (Å²) in [4.78, 5) is 28.8. The van der Waals surface area contributed by atoms with Crippen LogP contribution in [0.1, 0.15) is 47.8 Å². The van der Waals surface area contributed by atoms with Crippen molar-refractivity contribution in [2.24, 2.45) is 4.99 Å². The predicted octanol–water partition coefficient (Wildman–Crippen LogP) is 5.55. The van der Waals surface area contributed by atoms with Gasteiger partial charge in [-0.1, -0.05) is 63.2 Å². The summed E-state index contributed by atoms with van der Waals surface area (Å²) in [6.45, 7) is 6.43. The molecule has 0 bridgehead atoms. The third-order valence-corrected chi connectivity index (χ3v) is 5.02. The number of hydrogen-bond acceptors (Lipinski definition) is 5. The topological polar surface area (TPSA) is 65.0 Å². The fourth-order valence-electron chi connectivity index (χ4n) is 3.18. The molecule has 0 N–H and O–H groups in total. The minimum Gasteiger partial charge on any atom is -0.423 e. The Bertz CT molecular complexity index is 1200. The Kier molecular flexibility index (Phi) is 5.73. The molecular formula is C27H23NO4. The highest BCUT2D eigenvalue weighted by Crippen LogP contribution is 2.25. The number of aliphatic imine (C=N–C) groups is 1. The minimum absolute atomic E-state index is 0.0410. The smallest absolute Gasteiger partial charge is 0.363 e. The van der Waals surface area contributed by atoms with Gasteiger partial charge in [-0.25, -0.2) is 14.6 Å². The standard InChI is InChI=1S/C27H23NO4/c1-27(2,3)21-13-11-19(12-14-21)24-28-23(26(30)32-24)17-18-9-15-22(16-10-18)31-25(29)20-7-5-4-6-8-20/h4-17H,1-3H3/b23-17-. The highest BCUT2D eigenvalue weighted by molar-refractivity contribution is 6.12. The number of rotatable bonds is 4. The van der Waals surface area contributed by atoms with Crippen molar-refractivity contribution >= 4 is 23.9 Å². The molecule has 4 rings (SSSR count). The number of carbonyl (C=O) groups is 2. The van der Waals surface area contributed by atoms with Crippen LogP contribution in [0.15, 0.2) is 89.6 Å². The van der Waals surface area contributed by atoms with Gasteiger partial charge in [-0.15, -0.1) is 0 Å². The molecule has 160 valence electrons. The zero-order valence-electron chi connectivity index (χ0n) is 18.2. The van der Waals surface area contributed by atoms with E-state index >= 15 is 0 Å². The SMILES string of the molecule is CC(C)(C)c1ccc(C2=N/C(=C\c3ccc(OC(=O)c4ccccc4)cc3)C(=O)O2)cc1. The molecule has 0 amide bonds. The van der Waals surface area contributed by atoms with Gasteiger partial charge in [0.1, 0.15) is 5.75 Å². The van der Waals surface area contributed by atoms with E-state index in [4.69, 9.17) is 9.47 Å². The molecule has 0 spiro atoms. The molecule has 1 aliphatic heterocycles. The van der Waals surface area contributed by atoms with E-state index in [1.807, 2.05) is 30.3 Å². The molecule has 3 aromatic carbocycles. The quantitative estimate of drug-likeness (QED) is 0.312. The van der Waals surface area contributed by atoms with Gasteiger partial charge in [0.2, 0.25) is 5.90 Å². The summed E-state index contributed by atoms with van der Waals surface area (Å²) < 4.78 is 10.7. The van der Waals surface area contributed by atoms with Gasteiger partial charge in [0.15, 0.2) is 5.70 Å². The molecule has 1 heterocycles. The van der Waals surface area contributed by atoms with Gasteiger partial charge in [0.05, 0.1) is 5.56 Å². The zero-order valence-corrected chi connectivity index (χ0v) is 18.2. The van der Waals surface area contributed by atoms with Crippen LogP contribution >= 0.6 is 0 Å². The van der Waals surface area contributed by atoms with Crippen LogP contribution in [0.25, 0.3) is 6.08 Å². The van der Waals surface area contributed by atoms with Crippen LogP contribution in [0.5, 0.6) is 5.75 Å². The van der Waals surface area contributed by atoms with Crippen LogP contribution < -0.4 is 4.74 Å². The second-order valence-corrected chi connectivity index (χ2v) is 8.49. The van der Waals surface area contributed by atoms with Crippen molar-refractivity contribution in [3.63, 3.8) is 0 Å². The van der Waals surface area contributed by atoms with Crippen LogP contribution in [0.4, 0.5) is 0 Å². The average molecular weight is 425 g/mol. The Labute approximate surface area is 187 Å². The van der Waals surface area contributed by atoms with E-state index in [1.165, 1.54) is 5.56 Å². The number of cyclic esters (lactones) is 1. The van der Waals surface area contributed by atoms with Crippen molar-refractivity contribution in [2.45, 2.75) is 26.2 Å². The first-order valence-corrected chi connectivity index (χ1v) is 10.3. The Morgan fingerprint density at radius 2 is 1.56 bits per heavy atom. The predicted molar refractivity (Wildman–Crippen MR) is 124 cm³/mol. The van der Waals surface area contributed by atoms with Crippen LogP contribution in [0, 0.1) is 0 Å². The second-order valence-electron chi connectivity index (χ2n) is 8.49. The lowest BCUT2D eigenvalue weighted by Gasteiger charge is -2.18. The van der Waals surface area contributed by atoms with Crippen molar-refractivity contribution in [1.29, 1.82) is 0 Å². The van der Waals surface area contributed by atoms with Crippen molar-refractivity contribution in [1.82, 2.24) is 0 Å². The van der Waals surface area contributed by atoms with Crippen molar-refractivity contribution in [3.8, 4) is 5.75 Å². The van der Waals surface area contributed by atoms with Gasteiger partial charge in [-0.05, 0) is 59.0 Å². The normalized spacial score (nSPS) is 14.8. The molecule has 0 saturated carbocycles. The summed E-state index contributed by atoms with van der Waals surface area (Å²) >= 11 is 0. The third kappa shape index (κ3) is 4.83. The molecule has 5 heteroatoms. The van der Waals surface area contributed by atoms with E-state index < -0.39 is 11.9 Å². The number of nitrogens with zero attached hydrogens (tertiary/aromatic N) is 1. The first kappa shape index (κ1) is 21.2. The fourth-order valence-corrected chi connectivity index (χ4v) is 3.18. The number of hydrogen-bond donors (Lipinski definition) is 0. The number of carbonyl (C=O) groups excluding carboxylic acids is 2. The molecule has 0 radical (unpaired) electrons. The molecule has 5 nitrogen and oxygen atoms in total. The molecule has 0 aromatic heterocycles. The van der Waals surface area contributed by atoms with E-state index in [1.54, 1.807) is 54.6 Å². The molecule has 1 aliphatic rings. The van der Waals surface area contributed by atoms with E-state index in [2.05, 4.69) is 25.8 Å². The Balaban J connectivity index is 1.48. The van der Waals surface area contributed by atoms with Gasteiger partial charge in [-0.3, -0.25) is 0 Å². The maximum atomic E-state index is 12.3. The highest BCUT2D eigenvalue weighted by Gasteiger charge is 2.24. The van der Waals surface area contributed by atoms with Crippen LogP contribution in [-0.4, -0.2) is 17.8 Å². The number of ether oxygens (including phenoxy) is 2. The zero-order chi connectivity index (χ0) is 22.7. The lowest BCUT2D eigenvalue weighted by atomic mass is 9.87. The Morgan fingerprint density at radius 1 is 0.906 bits per heavy atom. The average Bonchev–Trinajstić information content (AvgIpc) is 3.15. The number of esters is 2. The first-order chi connectivity index (χ1) is 15.3. The second kappa shape index (κ2) is 8.63. The Morgan fingerprint density at radius 3 is 2.19 bits per heavy atom. The van der Waals surface area contributed by atoms with Crippen LogP contribution in [0.3, 0.4) is 0 Å². The molecule has 32 heavy (non-hydrogen) atoms. The van der Waals surface area contributed by atoms with E-state index in [0.29, 0.717) is 11.3 Å². The van der Waals surface area contributed by atoms with Crippen molar-refractivity contribution in [3.05, 3.63) is 107 Å². The summed E-state index contributed by atoms with van der Waals surface area (Å²) in [5, 5.41) is 0. The van der Waals surface area contributed by atoms with Crippen molar-refractivity contribution < 1.29 is 19.1 Å². The lowest BCUT2D eigenvalue weighted by Crippen LogP contribution is -2.11. The van der Waals surface area contributed by atoms with Crippen LogP contribution in [-0.2, 0) is 14.9 Å². The molecule has 0 aliphatic carbocycles. The van der Waals surface area contributed by atoms with Gasteiger partial charge < -0.3 is 9.47 Å². The molecule has 0 saturated heterocycles. The number of benzene rings is 3. The molecule has 0 fully saturated rings. The largest absolute Gasteiger partial charge is 0.423 e. The van der Waals surface area contributed by atoms with Crippen LogP contribution in [0.2, 0.25) is 0 Å². The fraction of sp³-hybridized carbons (Fsp3) is 0.148. The lowest BCUT2D eigenvalue weighted by molar-refractivity contribution is -0.129. The Hall–Kier alpha value is -3.99. The first-order valence-electron chi connectivity index (χ1n) is 10.3. The third-order valence-electron chi connectivity index (χ3n) is 5.02. The molecular weight excluding hydrogens is 402 g/mol. The van der Waals surface area contributed by atoms with Crippen molar-refractivity contribution in [2.75, 3.05) is 0 Å². The summed E-state index contributed by atoms with van der Waals surface area (Å²) in [5.74, 6) is -0.226. The van der Waals surface area contributed by atoms with Gasteiger partial charge >= 0.3 is 11.9 Å². The molecule has 0 atom stereocenters. The molecule has 0 unspecified atom stereocenters. The highest BCUT2D eigenvalue weighted by atomic mass is 16.6. The monoisotopic (exact) mass is 425 g/mol. The summed E-state index contributed by atoms with van der Waals surface area (Å²) in [6.07, 6.45) is 1.64. The summed E-state index contributed by atoms with van der Waals surface area (Å²) in [7, 11) is 0. The van der Waals surface area contributed by atoms with Gasteiger partial charge in [-0.2, -0.15) is 0 Å². The van der Waals surface area contributed by atoms with Gasteiger partial charge in [0.25, 0.3) is 0 Å². The maximum Gasteiger partial charge on any atom is 0.363 e. The molecule has 3 aromatic rings. The van der Waals surface area contributed by atoms with E-state index in [0.717, 1.165) is 11.1 Å². The summed E-state index contributed by atoms with van der Waals surface area (Å²) in [6, 6.07) is 23.5. The van der Waals surface area contributed by atoms with E-state index in [9.17, 15) is 9.59 Å². The van der Waals surface area contributed by atoms with Gasteiger partial charge in [0, 0.05) is 5.56 Å². The van der Waals surface area contributed by atoms with E-state index in [-0.39, 0.29) is 17.0 Å².